The number of nitro groups is 1. The van der Waals surface area contributed by atoms with Crippen molar-refractivity contribution in [1.82, 2.24) is 0 Å². The summed E-state index contributed by atoms with van der Waals surface area (Å²) >= 11 is 6.07. The molecule has 0 aliphatic carbocycles. The summed E-state index contributed by atoms with van der Waals surface area (Å²) in [6.07, 6.45) is 0. The summed E-state index contributed by atoms with van der Waals surface area (Å²) in [7, 11) is 0. The fourth-order valence-electron chi connectivity index (χ4n) is 2.71. The lowest BCUT2D eigenvalue weighted by atomic mass is 10.1. The van der Waals surface area contributed by atoms with Crippen LogP contribution in [0.4, 0.5) is 17.1 Å². The smallest absolute Gasteiger partial charge is 0.340 e. The normalized spacial score (nSPS) is 13.7. The van der Waals surface area contributed by atoms with E-state index in [1.165, 1.54) is 30.3 Å². The highest BCUT2D eigenvalue weighted by atomic mass is 35.5. The van der Waals surface area contributed by atoms with Gasteiger partial charge in [0, 0.05) is 12.1 Å². The minimum Gasteiger partial charge on any atom is -0.462 e. The molecule has 0 fully saturated rings. The average molecular weight is 416 g/mol. The first-order valence-electron chi connectivity index (χ1n) is 8.41. The minimum absolute atomic E-state index is 0.00262. The number of carbonyl (C=O) groups is 3. The predicted octanol–water partition coefficient (Wildman–Crippen LogP) is 3.21. The van der Waals surface area contributed by atoms with Gasteiger partial charge < -0.3 is 10.1 Å². The average Bonchev–Trinajstić information content (AvgIpc) is 2.92. The standard InChI is InChI=1S/C19H14ClN3O6/c1-2-29-19(26)13-8-3-4-9-14(13)21-16-15(20)17(24)22(18(16)25)11-6-5-7-12(10-11)23(27)28/h3-10,21H,2H2,1H3. The third-order valence-electron chi connectivity index (χ3n) is 4.01. The number of esters is 1. The van der Waals surface area contributed by atoms with Crippen LogP contribution < -0.4 is 10.2 Å². The maximum absolute atomic E-state index is 12.8. The van der Waals surface area contributed by atoms with E-state index in [2.05, 4.69) is 5.32 Å². The number of benzene rings is 2. The molecule has 0 saturated carbocycles. The quantitative estimate of drug-likeness (QED) is 0.333. The van der Waals surface area contributed by atoms with E-state index in [-0.39, 0.29) is 34.9 Å². The van der Waals surface area contributed by atoms with E-state index >= 15 is 0 Å². The molecule has 1 heterocycles. The summed E-state index contributed by atoms with van der Waals surface area (Å²) in [5.41, 5.74) is -0.155. The van der Waals surface area contributed by atoms with E-state index in [4.69, 9.17) is 16.3 Å². The highest BCUT2D eigenvalue weighted by Crippen LogP contribution is 2.32. The van der Waals surface area contributed by atoms with Crippen LogP contribution in [0, 0.1) is 10.1 Å². The number of anilines is 2. The Labute approximate surface area is 169 Å². The highest BCUT2D eigenvalue weighted by Gasteiger charge is 2.39. The van der Waals surface area contributed by atoms with Crippen LogP contribution in [0.3, 0.4) is 0 Å². The zero-order valence-electron chi connectivity index (χ0n) is 15.0. The SMILES string of the molecule is CCOC(=O)c1ccccc1NC1=C(Cl)C(=O)N(c2cccc([N+](=O)[O-])c2)C1=O. The van der Waals surface area contributed by atoms with E-state index < -0.39 is 27.7 Å². The van der Waals surface area contributed by atoms with Crippen LogP contribution in [-0.4, -0.2) is 29.3 Å². The molecule has 0 saturated heterocycles. The Hall–Kier alpha value is -3.72. The number of amides is 2. The second-order valence-electron chi connectivity index (χ2n) is 5.80. The number of hydrogen-bond acceptors (Lipinski definition) is 7. The van der Waals surface area contributed by atoms with Gasteiger partial charge in [0.2, 0.25) is 0 Å². The van der Waals surface area contributed by atoms with Gasteiger partial charge in [0.25, 0.3) is 17.5 Å². The van der Waals surface area contributed by atoms with Crippen molar-refractivity contribution < 1.29 is 24.0 Å². The van der Waals surface area contributed by atoms with Gasteiger partial charge in [-0.25, -0.2) is 9.69 Å². The molecular formula is C19H14ClN3O6. The summed E-state index contributed by atoms with van der Waals surface area (Å²) in [6.45, 7) is 1.82. The molecule has 0 unspecified atom stereocenters. The largest absolute Gasteiger partial charge is 0.462 e. The maximum atomic E-state index is 12.8. The van der Waals surface area contributed by atoms with E-state index in [1.807, 2.05) is 0 Å². The number of nitrogens with zero attached hydrogens (tertiary/aromatic N) is 2. The number of carbonyl (C=O) groups excluding carboxylic acids is 3. The number of imide groups is 1. The second kappa shape index (κ2) is 8.11. The van der Waals surface area contributed by atoms with Gasteiger partial charge in [-0.15, -0.1) is 0 Å². The van der Waals surface area contributed by atoms with Crippen LogP contribution in [0.15, 0.2) is 59.3 Å². The molecule has 9 nitrogen and oxygen atoms in total. The van der Waals surface area contributed by atoms with Crippen molar-refractivity contribution in [3.05, 3.63) is 74.9 Å². The summed E-state index contributed by atoms with van der Waals surface area (Å²) in [5.74, 6) is -2.26. The van der Waals surface area contributed by atoms with Crippen molar-refractivity contribution in [2.45, 2.75) is 6.92 Å². The lowest BCUT2D eigenvalue weighted by Gasteiger charge is -2.15. The molecule has 0 bridgehead atoms. The van der Waals surface area contributed by atoms with Gasteiger partial charge in [-0.05, 0) is 25.1 Å². The number of non-ortho nitro benzene ring substituents is 1. The van der Waals surface area contributed by atoms with Gasteiger partial charge in [0.05, 0.1) is 28.5 Å². The van der Waals surface area contributed by atoms with Crippen molar-refractivity contribution in [1.29, 1.82) is 0 Å². The van der Waals surface area contributed by atoms with Gasteiger partial charge >= 0.3 is 5.97 Å². The van der Waals surface area contributed by atoms with Crippen molar-refractivity contribution in [2.75, 3.05) is 16.8 Å². The molecule has 1 aliphatic heterocycles. The number of nitrogens with one attached hydrogen (secondary N) is 1. The Morgan fingerprint density at radius 3 is 2.59 bits per heavy atom. The molecule has 2 aromatic rings. The maximum Gasteiger partial charge on any atom is 0.340 e. The Balaban J connectivity index is 1.94. The van der Waals surface area contributed by atoms with Crippen LogP contribution in [0.5, 0.6) is 0 Å². The molecule has 0 atom stereocenters. The molecule has 1 aliphatic rings. The Morgan fingerprint density at radius 2 is 1.90 bits per heavy atom. The van der Waals surface area contributed by atoms with Crippen molar-refractivity contribution in [3.8, 4) is 0 Å². The van der Waals surface area contributed by atoms with Gasteiger partial charge in [-0.1, -0.05) is 29.8 Å². The zero-order chi connectivity index (χ0) is 21.1. The van der Waals surface area contributed by atoms with Gasteiger partial charge in [-0.3, -0.25) is 19.7 Å². The van der Waals surface area contributed by atoms with Crippen LogP contribution in [0.25, 0.3) is 0 Å². The fourth-order valence-corrected chi connectivity index (χ4v) is 2.92. The molecule has 0 spiro atoms. The van der Waals surface area contributed by atoms with Crippen LogP contribution in [-0.2, 0) is 14.3 Å². The van der Waals surface area contributed by atoms with E-state index in [1.54, 1.807) is 19.1 Å². The first kappa shape index (κ1) is 20.0. The molecule has 0 aromatic heterocycles. The number of nitro benzene ring substituents is 1. The monoisotopic (exact) mass is 415 g/mol. The van der Waals surface area contributed by atoms with Crippen molar-refractivity contribution in [3.63, 3.8) is 0 Å². The lowest BCUT2D eigenvalue weighted by molar-refractivity contribution is -0.384. The first-order chi connectivity index (χ1) is 13.8. The van der Waals surface area contributed by atoms with Crippen LogP contribution >= 0.6 is 11.6 Å². The number of rotatable bonds is 6. The third-order valence-corrected chi connectivity index (χ3v) is 4.36. The molecule has 10 heteroatoms. The van der Waals surface area contributed by atoms with E-state index in [0.29, 0.717) is 0 Å². The Kier molecular flexibility index (Phi) is 5.60. The molecule has 29 heavy (non-hydrogen) atoms. The molecule has 2 amide bonds. The zero-order valence-corrected chi connectivity index (χ0v) is 15.8. The summed E-state index contributed by atoms with van der Waals surface area (Å²) in [4.78, 5) is 48.5. The third kappa shape index (κ3) is 3.81. The molecule has 2 aromatic carbocycles. The Bertz CT molecular complexity index is 1070. The minimum atomic E-state index is -0.840. The molecule has 148 valence electrons. The summed E-state index contributed by atoms with van der Waals surface area (Å²) in [5, 5.41) is 13.3. The molecule has 1 N–H and O–H groups in total. The lowest BCUT2D eigenvalue weighted by Crippen LogP contribution is -2.32. The van der Waals surface area contributed by atoms with Gasteiger partial charge in [-0.2, -0.15) is 0 Å². The molecule has 3 rings (SSSR count). The number of para-hydroxylation sites is 1. The molecular weight excluding hydrogens is 402 g/mol. The fraction of sp³-hybridized carbons (Fsp3) is 0.105. The summed E-state index contributed by atoms with van der Waals surface area (Å²) < 4.78 is 4.98. The summed E-state index contributed by atoms with van der Waals surface area (Å²) in [6, 6.07) is 11.3. The number of hydrogen-bond donors (Lipinski definition) is 1. The van der Waals surface area contributed by atoms with Crippen molar-refractivity contribution >= 4 is 46.4 Å². The molecule has 0 radical (unpaired) electrons. The number of halogens is 1. The van der Waals surface area contributed by atoms with E-state index in [0.717, 1.165) is 11.0 Å². The topological polar surface area (TPSA) is 119 Å². The Morgan fingerprint density at radius 1 is 1.17 bits per heavy atom. The van der Waals surface area contributed by atoms with E-state index in [9.17, 15) is 24.5 Å². The van der Waals surface area contributed by atoms with Crippen LogP contribution in [0.1, 0.15) is 17.3 Å². The van der Waals surface area contributed by atoms with Gasteiger partial charge in [0.1, 0.15) is 10.7 Å². The second-order valence-corrected chi connectivity index (χ2v) is 6.18. The van der Waals surface area contributed by atoms with Gasteiger partial charge in [0.15, 0.2) is 0 Å². The predicted molar refractivity (Wildman–Crippen MR) is 104 cm³/mol. The van der Waals surface area contributed by atoms with Crippen LogP contribution in [0.2, 0.25) is 0 Å². The first-order valence-corrected chi connectivity index (χ1v) is 8.79. The highest BCUT2D eigenvalue weighted by molar-refractivity contribution is 6.53. The number of ether oxygens (including phenoxy) is 1. The van der Waals surface area contributed by atoms with Crippen molar-refractivity contribution in [2.24, 2.45) is 0 Å².